The van der Waals surface area contributed by atoms with Gasteiger partial charge in [-0.15, -0.1) is 0 Å². The van der Waals surface area contributed by atoms with Crippen molar-refractivity contribution in [1.82, 2.24) is 10.2 Å². The van der Waals surface area contributed by atoms with Crippen LogP contribution in [0.4, 0.5) is 0 Å². The summed E-state index contributed by atoms with van der Waals surface area (Å²) < 4.78 is 6.91. The normalized spacial score (nSPS) is 20.3. The van der Waals surface area contributed by atoms with Crippen LogP contribution >= 0.6 is 15.9 Å². The Morgan fingerprint density at radius 2 is 2.28 bits per heavy atom. The van der Waals surface area contributed by atoms with E-state index in [0.717, 1.165) is 39.2 Å². The maximum absolute atomic E-state index is 5.71. The van der Waals surface area contributed by atoms with Crippen LogP contribution in [0.3, 0.4) is 0 Å². The molecule has 0 radical (unpaired) electrons. The fourth-order valence-corrected chi connectivity index (χ4v) is 2.67. The van der Waals surface area contributed by atoms with E-state index in [0.29, 0.717) is 6.10 Å². The number of hydrogen-bond acceptors (Lipinski definition) is 3. The van der Waals surface area contributed by atoms with Gasteiger partial charge in [-0.05, 0) is 25.1 Å². The molecule has 1 aromatic carbocycles. The van der Waals surface area contributed by atoms with Gasteiger partial charge in [0.1, 0.15) is 0 Å². The summed E-state index contributed by atoms with van der Waals surface area (Å²) in [6, 6.07) is 8.42. The Morgan fingerprint density at radius 3 is 3.00 bits per heavy atom. The van der Waals surface area contributed by atoms with E-state index in [9.17, 15) is 0 Å². The first-order valence-electron chi connectivity index (χ1n) is 6.50. The third-order valence-corrected chi connectivity index (χ3v) is 4.01. The molecule has 1 heterocycles. The smallest absolute Gasteiger partial charge is 0.0826 e. The minimum absolute atomic E-state index is 0.336. The Morgan fingerprint density at radius 1 is 1.44 bits per heavy atom. The van der Waals surface area contributed by atoms with Crippen molar-refractivity contribution in [3.63, 3.8) is 0 Å². The first kappa shape index (κ1) is 14.0. The molecule has 1 aliphatic heterocycles. The van der Waals surface area contributed by atoms with E-state index in [1.165, 1.54) is 10.0 Å². The van der Waals surface area contributed by atoms with Gasteiger partial charge >= 0.3 is 0 Å². The summed E-state index contributed by atoms with van der Waals surface area (Å²) in [5.74, 6) is 0. The van der Waals surface area contributed by atoms with Crippen LogP contribution in [-0.2, 0) is 11.2 Å². The second-order valence-electron chi connectivity index (χ2n) is 4.80. The molecule has 2 rings (SSSR count). The first-order chi connectivity index (χ1) is 8.75. The zero-order chi connectivity index (χ0) is 12.8. The monoisotopic (exact) mass is 312 g/mol. The molecule has 1 fully saturated rings. The molecule has 1 unspecified atom stereocenters. The fourth-order valence-electron chi connectivity index (χ4n) is 2.19. The van der Waals surface area contributed by atoms with Gasteiger partial charge in [-0.1, -0.05) is 34.1 Å². The Hall–Kier alpha value is -0.420. The van der Waals surface area contributed by atoms with Crippen LogP contribution in [0.2, 0.25) is 0 Å². The number of benzene rings is 1. The van der Waals surface area contributed by atoms with E-state index in [2.05, 4.69) is 57.5 Å². The highest BCUT2D eigenvalue weighted by Crippen LogP contribution is 2.16. The average Bonchev–Trinajstić information content (AvgIpc) is 2.39. The van der Waals surface area contributed by atoms with E-state index in [-0.39, 0.29) is 0 Å². The van der Waals surface area contributed by atoms with Gasteiger partial charge in [0.25, 0.3) is 0 Å². The summed E-state index contributed by atoms with van der Waals surface area (Å²) in [5.41, 5.74) is 1.37. The summed E-state index contributed by atoms with van der Waals surface area (Å²) in [4.78, 5) is 2.34. The third kappa shape index (κ3) is 4.35. The molecule has 1 atom stereocenters. The molecule has 0 saturated carbocycles. The molecule has 4 heteroatoms. The Labute approximate surface area is 118 Å². The van der Waals surface area contributed by atoms with E-state index >= 15 is 0 Å². The maximum atomic E-state index is 5.71. The number of morpholine rings is 1. The zero-order valence-electron chi connectivity index (χ0n) is 10.9. The zero-order valence-corrected chi connectivity index (χ0v) is 12.4. The van der Waals surface area contributed by atoms with Crippen molar-refractivity contribution in [1.29, 1.82) is 0 Å². The minimum Gasteiger partial charge on any atom is -0.374 e. The third-order valence-electron chi connectivity index (χ3n) is 3.24. The van der Waals surface area contributed by atoms with Crippen LogP contribution in [0.25, 0.3) is 0 Å². The molecule has 0 aliphatic carbocycles. The number of halogens is 1. The highest BCUT2D eigenvalue weighted by atomic mass is 79.9. The fraction of sp³-hybridized carbons (Fsp3) is 0.571. The molecule has 0 spiro atoms. The Kier molecular flexibility index (Phi) is 5.63. The van der Waals surface area contributed by atoms with Crippen molar-refractivity contribution < 1.29 is 4.74 Å². The number of hydrogen-bond donors (Lipinski definition) is 1. The number of likely N-dealkylation sites (N-methyl/N-ethyl adjacent to an activating group) is 1. The van der Waals surface area contributed by atoms with Gasteiger partial charge in [-0.2, -0.15) is 0 Å². The molecule has 100 valence electrons. The van der Waals surface area contributed by atoms with Crippen molar-refractivity contribution in [2.45, 2.75) is 12.5 Å². The van der Waals surface area contributed by atoms with Gasteiger partial charge in [0.2, 0.25) is 0 Å². The standard InChI is InChI=1S/C14H21BrN2O/c1-17(11-13-10-16-7-9-18-13)8-6-12-4-2-3-5-14(12)15/h2-5,13,16H,6-11H2,1H3. The largest absolute Gasteiger partial charge is 0.374 e. The van der Waals surface area contributed by atoms with E-state index in [1.54, 1.807) is 0 Å². The summed E-state index contributed by atoms with van der Waals surface area (Å²) in [5, 5.41) is 3.36. The van der Waals surface area contributed by atoms with E-state index < -0.39 is 0 Å². The van der Waals surface area contributed by atoms with Crippen LogP contribution < -0.4 is 5.32 Å². The lowest BCUT2D eigenvalue weighted by atomic mass is 10.1. The molecule has 0 bridgehead atoms. The highest BCUT2D eigenvalue weighted by Gasteiger charge is 2.15. The lowest BCUT2D eigenvalue weighted by molar-refractivity contribution is 0.0103. The average molecular weight is 313 g/mol. The number of nitrogens with zero attached hydrogens (tertiary/aromatic N) is 1. The quantitative estimate of drug-likeness (QED) is 0.899. The summed E-state index contributed by atoms with van der Waals surface area (Å²) in [7, 11) is 2.16. The highest BCUT2D eigenvalue weighted by molar-refractivity contribution is 9.10. The van der Waals surface area contributed by atoms with Gasteiger partial charge in [0, 0.05) is 30.7 Å². The van der Waals surface area contributed by atoms with Crippen LogP contribution in [-0.4, -0.2) is 50.8 Å². The van der Waals surface area contributed by atoms with Crippen molar-refractivity contribution in [3.05, 3.63) is 34.3 Å². The molecule has 1 saturated heterocycles. The summed E-state index contributed by atoms with van der Waals surface area (Å²) in [6.45, 7) is 4.85. The van der Waals surface area contributed by atoms with Gasteiger partial charge in [0.15, 0.2) is 0 Å². The SMILES string of the molecule is CN(CCc1ccccc1Br)CC1CNCCO1. The predicted molar refractivity (Wildman–Crippen MR) is 78.0 cm³/mol. The molecule has 18 heavy (non-hydrogen) atoms. The van der Waals surface area contributed by atoms with Crippen molar-refractivity contribution >= 4 is 15.9 Å². The number of ether oxygens (including phenoxy) is 1. The Balaban J connectivity index is 1.74. The second kappa shape index (κ2) is 7.24. The van der Waals surface area contributed by atoms with Gasteiger partial charge < -0.3 is 15.0 Å². The molecule has 1 aromatic rings. The molecule has 3 nitrogen and oxygen atoms in total. The van der Waals surface area contributed by atoms with E-state index in [4.69, 9.17) is 4.74 Å². The van der Waals surface area contributed by atoms with Crippen LogP contribution in [0, 0.1) is 0 Å². The van der Waals surface area contributed by atoms with Gasteiger partial charge in [-0.25, -0.2) is 0 Å². The lowest BCUT2D eigenvalue weighted by Gasteiger charge is -2.28. The Bertz CT molecular complexity index is 367. The van der Waals surface area contributed by atoms with Crippen LogP contribution in [0.1, 0.15) is 5.56 Å². The van der Waals surface area contributed by atoms with Crippen molar-refractivity contribution in [2.75, 3.05) is 39.8 Å². The molecule has 1 aliphatic rings. The number of nitrogens with one attached hydrogen (secondary N) is 1. The maximum Gasteiger partial charge on any atom is 0.0826 e. The van der Waals surface area contributed by atoms with Gasteiger partial charge in [-0.3, -0.25) is 0 Å². The van der Waals surface area contributed by atoms with Gasteiger partial charge in [0.05, 0.1) is 12.7 Å². The van der Waals surface area contributed by atoms with Crippen LogP contribution in [0.5, 0.6) is 0 Å². The topological polar surface area (TPSA) is 24.5 Å². The molecule has 1 N–H and O–H groups in total. The number of rotatable bonds is 5. The predicted octanol–water partition coefficient (Wildman–Crippen LogP) is 1.91. The first-order valence-corrected chi connectivity index (χ1v) is 7.29. The van der Waals surface area contributed by atoms with E-state index in [1.807, 2.05) is 0 Å². The van der Waals surface area contributed by atoms with Crippen LogP contribution in [0.15, 0.2) is 28.7 Å². The molecular formula is C14H21BrN2O. The molecular weight excluding hydrogens is 292 g/mol. The summed E-state index contributed by atoms with van der Waals surface area (Å²) in [6.07, 6.45) is 1.40. The summed E-state index contributed by atoms with van der Waals surface area (Å²) >= 11 is 3.59. The lowest BCUT2D eigenvalue weighted by Crippen LogP contribution is -2.44. The molecule has 0 amide bonds. The second-order valence-corrected chi connectivity index (χ2v) is 5.65. The van der Waals surface area contributed by atoms with Crippen molar-refractivity contribution in [3.8, 4) is 0 Å². The van der Waals surface area contributed by atoms with Crippen molar-refractivity contribution in [2.24, 2.45) is 0 Å². The molecule has 0 aromatic heterocycles. The minimum atomic E-state index is 0.336.